The zero-order valence-corrected chi connectivity index (χ0v) is 98.9. The standard InChI is InChI=1S/C39H58N2.C33H46N2O4S.C16H18O4.2C9H12O3S.C9H8.C6H5N3.2K/c1-7-9-11-13-15-21-30-40-34-26-19-17-24-32(34)38(3,4)36(40)28-23-29-37-39(5,6)33-25-18-20-27-35(33)41(37)31-22-16-14-12-10-8-2;1-3-5-7-9-11-18-24-35(25-19-12-10-8-6-4-2)33(37)30-26-31(28-22-16-17-23-29(28)32(30)36)34-40(38,39)27-20-14-13-15-21-27;1-8-4-15(19)11(6-13(8)17)10(3)12-7-14(18)9(2)5-16(12)20;2*1-7(2)8-3-5-9(6-4-8)13(10,11)12;1-3-9-6-4-8(2)5-7-9;1-2-4-6-5(3-1)7-9-8-6;;/h17-20,23-29,36H,7-16,21-22,30-31H2,1-6H3;13-17,20-23,26,34,36H,3-12,18-19,24-25H2,1-2H3;4-7,10,17-20H,1-3H3;2*3-7H,1-2H3,(H,10,11,12);1,4-7H,2H3;1-4H,(H,7,8,9);;/q;;;;;;;2*+1/p-2. The Bertz CT molecular complexity index is 6350. The molecule has 11 aromatic carbocycles. The average molecular weight is 2110 g/mol. The molecule has 0 saturated heterocycles. The minimum atomic E-state index is -4.30. The minimum absolute atomic E-state index is 0. The van der Waals surface area contributed by atoms with E-state index in [0.717, 1.165) is 79.3 Å². The van der Waals surface area contributed by atoms with Crippen LogP contribution in [0.25, 0.3) is 21.8 Å². The van der Waals surface area contributed by atoms with E-state index in [0.29, 0.717) is 64.0 Å². The maximum atomic E-state index is 13.9. The van der Waals surface area contributed by atoms with Crippen LogP contribution < -0.4 is 117 Å². The Morgan fingerprint density at radius 2 is 0.884 bits per heavy atom. The number of amides is 1. The Hall–Kier alpha value is -8.97. The number of allylic oxidation sites excluding steroid dienone is 3. The number of aromatic hydroxyl groups is 5. The van der Waals surface area contributed by atoms with Crippen molar-refractivity contribution in [2.45, 2.75) is 314 Å². The van der Waals surface area contributed by atoms with Gasteiger partial charge < -0.3 is 49.3 Å². The number of anilines is 3. The third-order valence-corrected chi connectivity index (χ3v) is 30.0. The molecule has 0 fully saturated rings. The SMILES string of the molecule is C#Cc1ccc(C)cc1.CC(C)c1ccc(S(=O)(=O)[O-])cc1.CC(C)c1ccc(S(=O)(=O)[O-])cc1.CCCCCCCCN(CCCCCCCC)C(=O)c1cc(NS(=O)(=O)c2ccccc2)c2ccccc2c1O.CCCCCCCCN1C(=CC=CC2N(CCCCCCCC)c3ccccc3C2(C)C)C(C)(C)c2ccccc21.Cc1cc(O)c(C(C)c2cc(O)c(C)cc2O)cc1O.[K+].[K+].c1ccc2n[nH]nc2c1. The Morgan fingerprint density at radius 3 is 1.34 bits per heavy atom. The summed E-state index contributed by atoms with van der Waals surface area (Å²) in [4.78, 5) is 20.9. The maximum absolute atomic E-state index is 13.9. The first-order valence-electron chi connectivity index (χ1n) is 51.8. The summed E-state index contributed by atoms with van der Waals surface area (Å²) in [5.41, 5.74) is 15.9. The van der Waals surface area contributed by atoms with Gasteiger partial charge in [-0.25, -0.2) is 25.3 Å². The molecule has 2 aliphatic heterocycles. The van der Waals surface area contributed by atoms with Crippen LogP contribution in [-0.4, -0.2) is 118 Å². The summed E-state index contributed by atoms with van der Waals surface area (Å²) in [5.74, 6) is 2.75. The van der Waals surface area contributed by atoms with Crippen molar-refractivity contribution in [2.75, 3.05) is 40.7 Å². The van der Waals surface area contributed by atoms with E-state index in [9.17, 15) is 64.7 Å². The molecule has 0 spiro atoms. The van der Waals surface area contributed by atoms with E-state index < -0.39 is 30.3 Å². The molecule has 0 bridgehead atoms. The second-order valence-electron chi connectivity index (χ2n) is 39.6. The molecule has 2 aliphatic rings. The number of nitrogens with zero attached hydrogens (tertiary/aromatic N) is 5. The summed E-state index contributed by atoms with van der Waals surface area (Å²) in [6, 6.07) is 68.8. The number of H-pyrrole nitrogens is 1. The molecular formula is C121H157K2N7O14S3. The van der Waals surface area contributed by atoms with Crippen molar-refractivity contribution in [1.29, 1.82) is 0 Å². The van der Waals surface area contributed by atoms with Gasteiger partial charge in [0.1, 0.15) is 60.0 Å². The minimum Gasteiger partial charge on any atom is -0.744 e. The molecule has 780 valence electrons. The topological polar surface area (TPSA) is 330 Å². The summed E-state index contributed by atoms with van der Waals surface area (Å²) in [7, 11) is -12.5. The van der Waals surface area contributed by atoms with Gasteiger partial charge in [-0.15, -0.1) is 6.42 Å². The average Bonchev–Trinajstić information content (AvgIpc) is 1.74. The number of para-hydroxylation sites is 4. The van der Waals surface area contributed by atoms with Crippen LogP contribution in [0.4, 0.5) is 17.1 Å². The summed E-state index contributed by atoms with van der Waals surface area (Å²) in [5, 5.41) is 62.0. The maximum Gasteiger partial charge on any atom is 1.00 e. The number of aryl methyl sites for hydroxylation is 3. The van der Waals surface area contributed by atoms with Gasteiger partial charge in [0.25, 0.3) is 15.9 Å². The summed E-state index contributed by atoms with van der Waals surface area (Å²) in [6.45, 7) is 37.4. The molecule has 26 heteroatoms. The van der Waals surface area contributed by atoms with Crippen molar-refractivity contribution in [1.82, 2.24) is 20.3 Å². The number of phenols is 5. The van der Waals surface area contributed by atoms with E-state index in [-0.39, 0.29) is 180 Å². The quantitative estimate of drug-likeness (QED) is 0.00617. The molecule has 1 unspecified atom stereocenters. The largest absolute Gasteiger partial charge is 1.00 e. The number of sulfonamides is 1. The van der Waals surface area contributed by atoms with E-state index in [1.807, 2.05) is 88.0 Å². The summed E-state index contributed by atoms with van der Waals surface area (Å²) < 4.78 is 92.4. The van der Waals surface area contributed by atoms with Gasteiger partial charge in [0.05, 0.1) is 32.0 Å². The first kappa shape index (κ1) is 127. The van der Waals surface area contributed by atoms with Crippen LogP contribution >= 0.6 is 0 Å². The number of terminal acetylenes is 1. The van der Waals surface area contributed by atoms with Crippen molar-refractivity contribution in [2.24, 2.45) is 0 Å². The van der Waals surface area contributed by atoms with Gasteiger partial charge in [-0.3, -0.25) is 9.52 Å². The van der Waals surface area contributed by atoms with Crippen LogP contribution in [0.15, 0.2) is 269 Å². The van der Waals surface area contributed by atoms with E-state index in [1.54, 1.807) is 87.5 Å². The number of nitrogens with one attached hydrogen (secondary N) is 2. The number of carbonyl (C=O) groups excluding carboxylic acids is 1. The first-order valence-corrected chi connectivity index (χ1v) is 56.1. The van der Waals surface area contributed by atoms with Gasteiger partial charge in [-0.1, -0.05) is 369 Å². The van der Waals surface area contributed by atoms with Crippen molar-refractivity contribution in [3.05, 3.63) is 316 Å². The zero-order chi connectivity index (χ0) is 106. The molecule has 12 aromatic rings. The molecule has 7 N–H and O–H groups in total. The predicted molar refractivity (Wildman–Crippen MR) is 593 cm³/mol. The Balaban J connectivity index is 0.000000283. The molecule has 1 aromatic heterocycles. The van der Waals surface area contributed by atoms with Crippen LogP contribution in [-0.2, 0) is 41.1 Å². The molecule has 0 saturated carbocycles. The fourth-order valence-corrected chi connectivity index (χ4v) is 20.1. The van der Waals surface area contributed by atoms with Crippen molar-refractivity contribution in [3.8, 4) is 41.1 Å². The second kappa shape index (κ2) is 63.4. The van der Waals surface area contributed by atoms with Crippen molar-refractivity contribution >= 4 is 75.0 Å². The van der Waals surface area contributed by atoms with Crippen LogP contribution in [0.1, 0.15) is 328 Å². The van der Waals surface area contributed by atoms with Gasteiger partial charge in [-0.05, 0) is 201 Å². The molecule has 147 heavy (non-hydrogen) atoms. The number of unbranched alkanes of at least 4 members (excludes halogenated alkanes) is 20. The zero-order valence-electron chi connectivity index (χ0n) is 90.2. The number of fused-ring (bicyclic) bond motifs is 4. The molecule has 0 radical (unpaired) electrons. The number of aromatic nitrogens is 3. The summed E-state index contributed by atoms with van der Waals surface area (Å²) >= 11 is 0. The van der Waals surface area contributed by atoms with Crippen molar-refractivity contribution < 1.29 is 167 Å². The van der Waals surface area contributed by atoms with Gasteiger partial charge in [0, 0.05) is 87.5 Å². The normalized spacial score (nSPS) is 13.4. The van der Waals surface area contributed by atoms with Crippen molar-refractivity contribution in [3.63, 3.8) is 0 Å². The summed E-state index contributed by atoms with van der Waals surface area (Å²) in [6.07, 6.45) is 42.0. The molecule has 1 atom stereocenters. The molecule has 14 rings (SSSR count). The van der Waals surface area contributed by atoms with Crippen LogP contribution in [0, 0.1) is 33.1 Å². The molecular weight excluding hydrogens is 1950 g/mol. The van der Waals surface area contributed by atoms with Gasteiger partial charge in [0.15, 0.2) is 0 Å². The van der Waals surface area contributed by atoms with E-state index in [2.05, 4.69) is 158 Å². The molecule has 1 amide bonds. The van der Waals surface area contributed by atoms with E-state index in [1.165, 1.54) is 216 Å². The van der Waals surface area contributed by atoms with Gasteiger partial charge >= 0.3 is 103 Å². The number of phenolic OH excluding ortho intramolecular Hbond substituents is 5. The monoisotopic (exact) mass is 2110 g/mol. The van der Waals surface area contributed by atoms with E-state index in [4.69, 9.17) is 6.42 Å². The number of hydrogen-bond donors (Lipinski definition) is 7. The Labute approximate surface area is 963 Å². The third-order valence-electron chi connectivity index (χ3n) is 26.9. The molecule has 3 heterocycles. The van der Waals surface area contributed by atoms with Gasteiger partial charge in [0.2, 0.25) is 0 Å². The Kier molecular flexibility index (Phi) is 54.6. The molecule has 0 aliphatic carbocycles. The fraction of sp³-hybridized carbons (Fsp3) is 0.413. The third kappa shape index (κ3) is 38.7. The number of benzene rings is 11. The second-order valence-corrected chi connectivity index (χ2v) is 44.0. The van der Waals surface area contributed by atoms with Crippen LogP contribution in [0.3, 0.4) is 0 Å². The van der Waals surface area contributed by atoms with Crippen LogP contribution in [0.2, 0.25) is 0 Å². The fourth-order valence-electron chi connectivity index (χ4n) is 18.1. The Morgan fingerprint density at radius 1 is 0.476 bits per heavy atom. The number of rotatable bonds is 40. The number of hydrogen-bond acceptors (Lipinski definition) is 18. The predicted octanol–water partition coefficient (Wildman–Crippen LogP) is 23.3. The molecule has 21 nitrogen and oxygen atoms in total. The number of carbonyl (C=O) groups is 1. The van der Waals surface area contributed by atoms with Crippen LogP contribution in [0.5, 0.6) is 28.7 Å². The van der Waals surface area contributed by atoms with E-state index >= 15 is 0 Å². The smallest absolute Gasteiger partial charge is 0.744 e. The number of aromatic amines is 1. The first-order chi connectivity index (χ1) is 69.1. The van der Waals surface area contributed by atoms with Gasteiger partial charge in [-0.2, -0.15) is 15.4 Å².